The van der Waals surface area contributed by atoms with Gasteiger partial charge in [-0.05, 0) is 49.6 Å². The van der Waals surface area contributed by atoms with E-state index < -0.39 is 24.0 Å². The largest absolute Gasteiger partial charge is 0.482 e. The summed E-state index contributed by atoms with van der Waals surface area (Å²) in [5.41, 5.74) is 0.656. The minimum Gasteiger partial charge on any atom is -0.482 e. The molecule has 0 aromatic heterocycles. The van der Waals surface area contributed by atoms with Crippen molar-refractivity contribution in [3.8, 4) is 11.5 Å². The van der Waals surface area contributed by atoms with Crippen LogP contribution < -0.4 is 19.7 Å². The lowest BCUT2D eigenvalue weighted by Crippen LogP contribution is -2.40. The summed E-state index contributed by atoms with van der Waals surface area (Å²) in [6.07, 6.45) is 2.66. The molecule has 1 fully saturated rings. The summed E-state index contributed by atoms with van der Waals surface area (Å²) in [7, 11) is 0. The molecule has 35 heavy (non-hydrogen) atoms. The number of rotatable bonds is 10. The van der Waals surface area contributed by atoms with Gasteiger partial charge in [0.2, 0.25) is 5.91 Å². The maximum atomic E-state index is 13.8. The van der Waals surface area contributed by atoms with E-state index in [1.54, 1.807) is 6.07 Å². The first kappa shape index (κ1) is 24.6. The zero-order valence-electron chi connectivity index (χ0n) is 19.1. The maximum absolute atomic E-state index is 13.8. The number of benzene rings is 2. The third kappa shape index (κ3) is 6.33. The third-order valence-electron chi connectivity index (χ3n) is 5.81. The van der Waals surface area contributed by atoms with Crippen LogP contribution in [-0.2, 0) is 14.3 Å². The number of nitrogens with one attached hydrogen (secondary N) is 1. The van der Waals surface area contributed by atoms with Crippen molar-refractivity contribution < 1.29 is 37.4 Å². The first-order valence-corrected chi connectivity index (χ1v) is 11.5. The molecule has 10 heteroatoms. The van der Waals surface area contributed by atoms with Crippen LogP contribution in [-0.4, -0.2) is 56.6 Å². The van der Waals surface area contributed by atoms with E-state index >= 15 is 0 Å². The Kier molecular flexibility index (Phi) is 7.91. The first-order valence-electron chi connectivity index (χ1n) is 11.5. The molecule has 2 heterocycles. The van der Waals surface area contributed by atoms with E-state index in [-0.39, 0.29) is 48.8 Å². The predicted octanol–water partition coefficient (Wildman–Crippen LogP) is 3.03. The molecule has 0 saturated carbocycles. The molecule has 4 rings (SSSR count). The molecule has 2 aromatic rings. The molecule has 0 bridgehead atoms. The average Bonchev–Trinajstić information content (AvgIpc) is 3.37. The fourth-order valence-electron chi connectivity index (χ4n) is 3.96. The van der Waals surface area contributed by atoms with Crippen LogP contribution in [0.15, 0.2) is 36.4 Å². The lowest BCUT2D eigenvalue weighted by Gasteiger charge is -2.29. The van der Waals surface area contributed by atoms with Crippen LogP contribution in [0, 0.1) is 11.6 Å². The van der Waals surface area contributed by atoms with Crippen molar-refractivity contribution >= 4 is 23.3 Å². The van der Waals surface area contributed by atoms with Crippen molar-refractivity contribution in [3.05, 3.63) is 53.6 Å². The van der Waals surface area contributed by atoms with Crippen molar-refractivity contribution in [2.75, 3.05) is 37.8 Å². The van der Waals surface area contributed by atoms with Gasteiger partial charge in [-0.15, -0.1) is 0 Å². The fraction of sp³-hybridized carbons (Fsp3) is 0.400. The number of anilines is 1. The molecule has 1 atom stereocenters. The standard InChI is InChI=1S/C25H26F2N2O6/c26-17-6-8-22(19(27)12-17)34-14-21(30)16-5-7-23-20(11-16)29(25(32)15-35-23)9-1-4-24(31)28-13-18-3-2-10-33-18/h5-8,11-12,18H,1-4,9-10,13-15H2,(H,28,31). The zero-order valence-corrected chi connectivity index (χ0v) is 19.1. The van der Waals surface area contributed by atoms with Gasteiger partial charge < -0.3 is 24.4 Å². The maximum Gasteiger partial charge on any atom is 0.265 e. The summed E-state index contributed by atoms with van der Waals surface area (Å²) in [6.45, 7) is 0.864. The Balaban J connectivity index is 1.34. The molecule has 0 radical (unpaired) electrons. The number of hydrogen-bond acceptors (Lipinski definition) is 6. The van der Waals surface area contributed by atoms with Gasteiger partial charge >= 0.3 is 0 Å². The number of ketones is 1. The predicted molar refractivity (Wildman–Crippen MR) is 122 cm³/mol. The molecule has 1 unspecified atom stereocenters. The van der Waals surface area contributed by atoms with Crippen molar-refractivity contribution in [1.82, 2.24) is 5.32 Å². The van der Waals surface area contributed by atoms with Gasteiger partial charge in [0.15, 0.2) is 30.6 Å². The molecule has 1 saturated heterocycles. The van der Waals surface area contributed by atoms with Crippen LogP contribution in [0.5, 0.6) is 11.5 Å². The highest BCUT2D eigenvalue weighted by atomic mass is 19.1. The van der Waals surface area contributed by atoms with Crippen LogP contribution >= 0.6 is 0 Å². The topological polar surface area (TPSA) is 94.2 Å². The van der Waals surface area contributed by atoms with Crippen LogP contribution in [0.2, 0.25) is 0 Å². The molecule has 2 amide bonds. The van der Waals surface area contributed by atoms with Gasteiger partial charge in [0.25, 0.3) is 5.91 Å². The van der Waals surface area contributed by atoms with Gasteiger partial charge in [0.05, 0.1) is 11.8 Å². The highest BCUT2D eigenvalue weighted by Crippen LogP contribution is 2.33. The van der Waals surface area contributed by atoms with E-state index in [0.717, 1.165) is 31.6 Å². The molecule has 2 aliphatic rings. The summed E-state index contributed by atoms with van der Waals surface area (Å²) in [5.74, 6) is -2.32. The summed E-state index contributed by atoms with van der Waals surface area (Å²) in [6, 6.07) is 7.42. The van der Waals surface area contributed by atoms with E-state index in [1.807, 2.05) is 0 Å². The number of carbonyl (C=O) groups is 3. The van der Waals surface area contributed by atoms with E-state index in [2.05, 4.69) is 5.32 Å². The minimum absolute atomic E-state index is 0.0612. The highest BCUT2D eigenvalue weighted by molar-refractivity contribution is 6.02. The molecule has 0 spiro atoms. The smallest absolute Gasteiger partial charge is 0.265 e. The van der Waals surface area contributed by atoms with Gasteiger partial charge in [-0.1, -0.05) is 0 Å². The van der Waals surface area contributed by atoms with Crippen LogP contribution in [0.3, 0.4) is 0 Å². The number of Topliss-reactive ketones (excluding diaryl/α,β-unsaturated/α-hetero) is 1. The molecule has 186 valence electrons. The molecule has 8 nitrogen and oxygen atoms in total. The van der Waals surface area contributed by atoms with Gasteiger partial charge in [-0.2, -0.15) is 0 Å². The van der Waals surface area contributed by atoms with Gasteiger partial charge in [-0.25, -0.2) is 8.78 Å². The van der Waals surface area contributed by atoms with Crippen LogP contribution in [0.1, 0.15) is 36.0 Å². The second-order valence-electron chi connectivity index (χ2n) is 8.35. The summed E-state index contributed by atoms with van der Waals surface area (Å²) in [5, 5.41) is 2.85. The normalized spacial score (nSPS) is 17.0. The molecule has 2 aromatic carbocycles. The Labute approximate surface area is 201 Å². The van der Waals surface area contributed by atoms with Crippen molar-refractivity contribution in [1.29, 1.82) is 0 Å². The molecular formula is C25H26F2N2O6. The number of hydrogen-bond donors (Lipinski definition) is 1. The number of carbonyl (C=O) groups excluding carboxylic acids is 3. The van der Waals surface area contributed by atoms with Crippen LogP contribution in [0.25, 0.3) is 0 Å². The molecule has 2 aliphatic heterocycles. The SMILES string of the molecule is O=C(CCCN1C(=O)COc2ccc(C(=O)COc3ccc(F)cc3F)cc21)NCC1CCCO1. The zero-order chi connectivity index (χ0) is 24.8. The molecule has 0 aliphatic carbocycles. The molecular weight excluding hydrogens is 462 g/mol. The summed E-state index contributed by atoms with van der Waals surface area (Å²) >= 11 is 0. The Bertz CT molecular complexity index is 1100. The summed E-state index contributed by atoms with van der Waals surface area (Å²) < 4.78 is 42.9. The number of amides is 2. The van der Waals surface area contributed by atoms with Gasteiger partial charge in [0.1, 0.15) is 11.6 Å². The Hall–Kier alpha value is -3.53. The lowest BCUT2D eigenvalue weighted by atomic mass is 10.1. The van der Waals surface area contributed by atoms with Crippen molar-refractivity contribution in [2.45, 2.75) is 31.8 Å². The van der Waals surface area contributed by atoms with Crippen LogP contribution in [0.4, 0.5) is 14.5 Å². The second kappa shape index (κ2) is 11.3. The Morgan fingerprint density at radius 1 is 1.17 bits per heavy atom. The number of halogens is 2. The summed E-state index contributed by atoms with van der Waals surface area (Å²) in [4.78, 5) is 38.7. The average molecular weight is 488 g/mol. The van der Waals surface area contributed by atoms with E-state index in [1.165, 1.54) is 17.0 Å². The van der Waals surface area contributed by atoms with E-state index in [9.17, 15) is 23.2 Å². The van der Waals surface area contributed by atoms with Gasteiger partial charge in [0, 0.05) is 37.7 Å². The quantitative estimate of drug-likeness (QED) is 0.517. The number of fused-ring (bicyclic) bond motifs is 1. The van der Waals surface area contributed by atoms with Crippen molar-refractivity contribution in [3.63, 3.8) is 0 Å². The minimum atomic E-state index is -0.909. The Morgan fingerprint density at radius 3 is 2.80 bits per heavy atom. The van der Waals surface area contributed by atoms with E-state index in [0.29, 0.717) is 30.5 Å². The second-order valence-corrected chi connectivity index (χ2v) is 8.35. The number of nitrogens with zero attached hydrogens (tertiary/aromatic N) is 1. The number of ether oxygens (including phenoxy) is 3. The lowest BCUT2D eigenvalue weighted by molar-refractivity contribution is -0.123. The first-order chi connectivity index (χ1) is 16.9. The fourth-order valence-corrected chi connectivity index (χ4v) is 3.96. The van der Waals surface area contributed by atoms with E-state index in [4.69, 9.17) is 14.2 Å². The monoisotopic (exact) mass is 488 g/mol. The Morgan fingerprint density at radius 2 is 2.03 bits per heavy atom. The highest BCUT2D eigenvalue weighted by Gasteiger charge is 2.27. The van der Waals surface area contributed by atoms with Gasteiger partial charge in [-0.3, -0.25) is 14.4 Å². The van der Waals surface area contributed by atoms with Crippen molar-refractivity contribution in [2.24, 2.45) is 0 Å². The molecule has 1 N–H and O–H groups in total. The third-order valence-corrected chi connectivity index (χ3v) is 5.81.